The molecule has 0 bridgehead atoms. The Morgan fingerprint density at radius 1 is 1.60 bits per heavy atom. The Hall–Kier alpha value is -1.85. The van der Waals surface area contributed by atoms with Crippen molar-refractivity contribution in [3.63, 3.8) is 0 Å². The molecule has 1 atom stereocenters. The molecule has 15 heavy (non-hydrogen) atoms. The standard InChI is InChI=1S/C9H13N3O3/c1-5(9(14)15)8(13)10-7-4-12(3)11-6(7)2/h4-5H,1-3H3,(H,10,13)(H,14,15). The van der Waals surface area contributed by atoms with Crippen molar-refractivity contribution in [1.82, 2.24) is 9.78 Å². The molecule has 0 aliphatic carbocycles. The van der Waals surface area contributed by atoms with Crippen LogP contribution in [0, 0.1) is 12.8 Å². The third-order valence-electron chi connectivity index (χ3n) is 2.04. The Morgan fingerprint density at radius 2 is 2.20 bits per heavy atom. The number of hydrogen-bond donors (Lipinski definition) is 2. The fraction of sp³-hybridized carbons (Fsp3) is 0.444. The van der Waals surface area contributed by atoms with E-state index in [2.05, 4.69) is 10.4 Å². The Kier molecular flexibility index (Phi) is 3.08. The zero-order chi connectivity index (χ0) is 11.6. The zero-order valence-corrected chi connectivity index (χ0v) is 8.81. The second-order valence-corrected chi connectivity index (χ2v) is 3.35. The zero-order valence-electron chi connectivity index (χ0n) is 8.81. The molecule has 82 valence electrons. The molecular weight excluding hydrogens is 198 g/mol. The highest BCUT2D eigenvalue weighted by atomic mass is 16.4. The summed E-state index contributed by atoms with van der Waals surface area (Å²) in [4.78, 5) is 21.9. The molecule has 6 nitrogen and oxygen atoms in total. The molecule has 1 heterocycles. The third kappa shape index (κ3) is 2.55. The second-order valence-electron chi connectivity index (χ2n) is 3.35. The van der Waals surface area contributed by atoms with Crippen LogP contribution in [-0.2, 0) is 16.6 Å². The molecule has 1 aromatic heterocycles. The molecule has 2 N–H and O–H groups in total. The lowest BCUT2D eigenvalue weighted by molar-refractivity contribution is -0.144. The first kappa shape index (κ1) is 11.2. The molecule has 0 saturated carbocycles. The van der Waals surface area contributed by atoms with E-state index in [0.717, 1.165) is 0 Å². The Labute approximate surface area is 86.9 Å². The maximum atomic E-state index is 11.4. The van der Waals surface area contributed by atoms with Gasteiger partial charge in [-0.3, -0.25) is 14.3 Å². The first-order valence-corrected chi connectivity index (χ1v) is 4.45. The third-order valence-corrected chi connectivity index (χ3v) is 2.04. The van der Waals surface area contributed by atoms with Gasteiger partial charge in [0.25, 0.3) is 0 Å². The number of aromatic nitrogens is 2. The number of nitrogens with one attached hydrogen (secondary N) is 1. The van der Waals surface area contributed by atoms with Crippen molar-refractivity contribution in [3.8, 4) is 0 Å². The van der Waals surface area contributed by atoms with E-state index >= 15 is 0 Å². The van der Waals surface area contributed by atoms with Crippen LogP contribution in [0.15, 0.2) is 6.20 Å². The molecule has 0 radical (unpaired) electrons. The highest BCUT2D eigenvalue weighted by Gasteiger charge is 2.21. The minimum atomic E-state index is -1.14. The number of amides is 1. The summed E-state index contributed by atoms with van der Waals surface area (Å²) in [6.45, 7) is 3.07. The molecular formula is C9H13N3O3. The largest absolute Gasteiger partial charge is 0.481 e. The van der Waals surface area contributed by atoms with Gasteiger partial charge < -0.3 is 10.4 Å². The first-order chi connectivity index (χ1) is 6.91. The van der Waals surface area contributed by atoms with E-state index in [1.54, 1.807) is 24.9 Å². The maximum absolute atomic E-state index is 11.4. The van der Waals surface area contributed by atoms with Crippen LogP contribution in [0.2, 0.25) is 0 Å². The monoisotopic (exact) mass is 211 g/mol. The van der Waals surface area contributed by atoms with Gasteiger partial charge in [0.1, 0.15) is 5.92 Å². The van der Waals surface area contributed by atoms with E-state index in [9.17, 15) is 9.59 Å². The Morgan fingerprint density at radius 3 is 2.60 bits per heavy atom. The van der Waals surface area contributed by atoms with Crippen molar-refractivity contribution in [2.24, 2.45) is 13.0 Å². The van der Waals surface area contributed by atoms with Gasteiger partial charge in [-0.25, -0.2) is 0 Å². The van der Waals surface area contributed by atoms with Crippen LogP contribution in [0.3, 0.4) is 0 Å². The average Bonchev–Trinajstić information content (AvgIpc) is 2.43. The van der Waals surface area contributed by atoms with Gasteiger partial charge in [0, 0.05) is 13.2 Å². The smallest absolute Gasteiger partial charge is 0.315 e. The highest BCUT2D eigenvalue weighted by molar-refractivity contribution is 6.03. The van der Waals surface area contributed by atoms with Crippen LogP contribution in [-0.4, -0.2) is 26.8 Å². The van der Waals surface area contributed by atoms with Gasteiger partial charge in [-0.1, -0.05) is 0 Å². The molecule has 1 rings (SSSR count). The number of aryl methyl sites for hydroxylation is 2. The van der Waals surface area contributed by atoms with Crippen molar-refractivity contribution in [2.75, 3.05) is 5.32 Å². The fourth-order valence-electron chi connectivity index (χ4n) is 1.08. The van der Waals surface area contributed by atoms with Crippen LogP contribution < -0.4 is 5.32 Å². The predicted molar refractivity (Wildman–Crippen MR) is 53.4 cm³/mol. The summed E-state index contributed by atoms with van der Waals surface area (Å²) in [5, 5.41) is 15.2. The van der Waals surface area contributed by atoms with Crippen molar-refractivity contribution < 1.29 is 14.7 Å². The number of nitrogens with zero attached hydrogens (tertiary/aromatic N) is 2. The lowest BCUT2D eigenvalue weighted by atomic mass is 10.1. The summed E-state index contributed by atoms with van der Waals surface area (Å²) >= 11 is 0. The highest BCUT2D eigenvalue weighted by Crippen LogP contribution is 2.12. The van der Waals surface area contributed by atoms with Crippen LogP contribution in [0.5, 0.6) is 0 Å². The average molecular weight is 211 g/mol. The first-order valence-electron chi connectivity index (χ1n) is 4.45. The topological polar surface area (TPSA) is 84.2 Å². The SMILES string of the molecule is Cc1nn(C)cc1NC(=O)C(C)C(=O)O. The minimum Gasteiger partial charge on any atom is -0.481 e. The number of anilines is 1. The summed E-state index contributed by atoms with van der Waals surface area (Å²) in [7, 11) is 1.73. The van der Waals surface area contributed by atoms with Gasteiger partial charge >= 0.3 is 5.97 Å². The minimum absolute atomic E-state index is 0.538. The van der Waals surface area contributed by atoms with E-state index in [-0.39, 0.29) is 0 Å². The molecule has 1 aromatic rings. The van der Waals surface area contributed by atoms with Crippen LogP contribution in [0.4, 0.5) is 5.69 Å². The Bertz CT molecular complexity index is 397. The summed E-state index contributed by atoms with van der Waals surface area (Å²) in [5.74, 6) is -2.75. The van der Waals surface area contributed by atoms with Gasteiger partial charge in [0.15, 0.2) is 0 Å². The number of carboxylic acid groups (broad SMARTS) is 1. The van der Waals surface area contributed by atoms with Gasteiger partial charge in [0.05, 0.1) is 11.4 Å². The molecule has 0 saturated heterocycles. The molecule has 0 fully saturated rings. The van der Waals surface area contributed by atoms with Crippen LogP contribution >= 0.6 is 0 Å². The molecule has 0 aromatic carbocycles. The number of carbonyl (C=O) groups excluding carboxylic acids is 1. The normalized spacial score (nSPS) is 12.2. The Balaban J connectivity index is 2.74. The van der Waals surface area contributed by atoms with Gasteiger partial charge in [-0.15, -0.1) is 0 Å². The van der Waals surface area contributed by atoms with Gasteiger partial charge in [-0.05, 0) is 13.8 Å². The van der Waals surface area contributed by atoms with Crippen LogP contribution in [0.25, 0.3) is 0 Å². The molecule has 1 unspecified atom stereocenters. The number of hydrogen-bond acceptors (Lipinski definition) is 3. The molecule has 0 aliphatic heterocycles. The summed E-state index contributed by atoms with van der Waals surface area (Å²) < 4.78 is 1.55. The van der Waals surface area contributed by atoms with Crippen LogP contribution in [0.1, 0.15) is 12.6 Å². The summed E-state index contributed by atoms with van der Waals surface area (Å²) in [6, 6.07) is 0. The van der Waals surface area contributed by atoms with E-state index in [1.165, 1.54) is 6.92 Å². The second kappa shape index (κ2) is 4.12. The van der Waals surface area contributed by atoms with E-state index in [0.29, 0.717) is 11.4 Å². The molecule has 0 spiro atoms. The van der Waals surface area contributed by atoms with Crippen molar-refractivity contribution in [1.29, 1.82) is 0 Å². The van der Waals surface area contributed by atoms with Crippen molar-refractivity contribution in [2.45, 2.75) is 13.8 Å². The number of carbonyl (C=O) groups is 2. The van der Waals surface area contributed by atoms with Crippen molar-refractivity contribution in [3.05, 3.63) is 11.9 Å². The van der Waals surface area contributed by atoms with Crippen molar-refractivity contribution >= 4 is 17.6 Å². The van der Waals surface area contributed by atoms with E-state index < -0.39 is 17.8 Å². The number of aliphatic carboxylic acids is 1. The van der Waals surface area contributed by atoms with E-state index in [4.69, 9.17) is 5.11 Å². The summed E-state index contributed by atoms with van der Waals surface area (Å²) in [5.41, 5.74) is 1.19. The lowest BCUT2D eigenvalue weighted by Crippen LogP contribution is -2.26. The predicted octanol–water partition coefficient (Wildman–Crippen LogP) is 0.388. The molecule has 0 aliphatic rings. The molecule has 6 heteroatoms. The fourth-order valence-corrected chi connectivity index (χ4v) is 1.08. The quantitative estimate of drug-likeness (QED) is 0.708. The number of rotatable bonds is 3. The van der Waals surface area contributed by atoms with E-state index in [1.807, 2.05) is 0 Å². The summed E-state index contributed by atoms with van der Waals surface area (Å²) in [6.07, 6.45) is 1.63. The van der Waals surface area contributed by atoms with Gasteiger partial charge in [-0.2, -0.15) is 5.10 Å². The lowest BCUT2D eigenvalue weighted by Gasteiger charge is -2.06. The number of carboxylic acids is 1. The van der Waals surface area contributed by atoms with Gasteiger partial charge in [0.2, 0.25) is 5.91 Å². The molecule has 1 amide bonds. The maximum Gasteiger partial charge on any atom is 0.315 e.